The van der Waals surface area contributed by atoms with Gasteiger partial charge in [-0.1, -0.05) is 6.92 Å². The lowest BCUT2D eigenvalue weighted by atomic mass is 10.2. The Balaban J connectivity index is 1.91. The van der Waals surface area contributed by atoms with Crippen LogP contribution in [0, 0.1) is 0 Å². The van der Waals surface area contributed by atoms with E-state index < -0.39 is 27.6 Å². The van der Waals surface area contributed by atoms with Crippen molar-refractivity contribution in [2.24, 2.45) is 7.05 Å². The lowest BCUT2D eigenvalue weighted by Crippen LogP contribution is -2.26. The van der Waals surface area contributed by atoms with E-state index in [1.807, 2.05) is 0 Å². The van der Waals surface area contributed by atoms with E-state index in [0.29, 0.717) is 0 Å². The minimum Gasteiger partial charge on any atom is -0.348 e. The molecule has 0 bridgehead atoms. The molecule has 1 aliphatic carbocycles. The molecule has 0 aromatic carbocycles. The minimum atomic E-state index is -4.71. The van der Waals surface area contributed by atoms with Crippen LogP contribution in [0.5, 0.6) is 0 Å². The van der Waals surface area contributed by atoms with E-state index in [4.69, 9.17) is 0 Å². The van der Waals surface area contributed by atoms with Gasteiger partial charge in [0, 0.05) is 19.2 Å². The van der Waals surface area contributed by atoms with Crippen LogP contribution in [0.4, 0.5) is 13.2 Å². The average Bonchev–Trinajstić information content (AvgIpc) is 3.48. The Bertz CT molecular complexity index is 1300. The van der Waals surface area contributed by atoms with E-state index in [2.05, 4.69) is 25.5 Å². The number of fused-ring (bicyclic) bond motifs is 1. The van der Waals surface area contributed by atoms with E-state index in [-0.39, 0.29) is 45.1 Å². The van der Waals surface area contributed by atoms with Gasteiger partial charge < -0.3 is 9.88 Å². The standard InChI is InChI=1S/C18H17F3N6O3S/c1-3-31(29,30)12-7-6-10(17(28)22-9-4-5-9)23-14(12)16-24-11-8-13(18(19,20)21)25-26-15(11)27(16)2/h6-9H,3-5H2,1-2H3,(H,22,28). The van der Waals surface area contributed by atoms with Crippen molar-refractivity contribution < 1.29 is 26.4 Å². The van der Waals surface area contributed by atoms with Gasteiger partial charge in [-0.15, -0.1) is 10.2 Å². The van der Waals surface area contributed by atoms with Gasteiger partial charge >= 0.3 is 6.18 Å². The van der Waals surface area contributed by atoms with E-state index >= 15 is 0 Å². The molecule has 1 aliphatic rings. The van der Waals surface area contributed by atoms with Crippen LogP contribution in [0.3, 0.4) is 0 Å². The number of sulfone groups is 1. The van der Waals surface area contributed by atoms with Crippen molar-refractivity contribution in [3.63, 3.8) is 0 Å². The Morgan fingerprint density at radius 2 is 1.94 bits per heavy atom. The highest BCUT2D eigenvalue weighted by Gasteiger charge is 2.34. The van der Waals surface area contributed by atoms with Crippen molar-refractivity contribution in [2.45, 2.75) is 36.9 Å². The molecule has 0 atom stereocenters. The molecule has 0 radical (unpaired) electrons. The van der Waals surface area contributed by atoms with Crippen LogP contribution in [-0.2, 0) is 23.1 Å². The molecule has 0 aliphatic heterocycles. The SMILES string of the molecule is CCS(=O)(=O)c1ccc(C(=O)NC2CC2)nc1-c1nc2cc(C(F)(F)F)nnc2n1C. The highest BCUT2D eigenvalue weighted by Crippen LogP contribution is 2.31. The second kappa shape index (κ2) is 7.25. The fraction of sp³-hybridized carbons (Fsp3) is 0.389. The smallest absolute Gasteiger partial charge is 0.348 e. The molecular weight excluding hydrogens is 437 g/mol. The second-order valence-corrected chi connectivity index (χ2v) is 9.37. The predicted molar refractivity (Wildman–Crippen MR) is 103 cm³/mol. The topological polar surface area (TPSA) is 120 Å². The van der Waals surface area contributed by atoms with Crippen LogP contribution >= 0.6 is 0 Å². The van der Waals surface area contributed by atoms with Gasteiger partial charge in [0.2, 0.25) is 0 Å². The van der Waals surface area contributed by atoms with Crippen LogP contribution in [-0.4, -0.2) is 50.9 Å². The van der Waals surface area contributed by atoms with Crippen LogP contribution in [0.2, 0.25) is 0 Å². The Kier molecular flexibility index (Phi) is 4.95. The summed E-state index contributed by atoms with van der Waals surface area (Å²) in [5.41, 5.74) is -1.51. The largest absolute Gasteiger partial charge is 0.435 e. The number of aromatic nitrogens is 5. The maximum Gasteiger partial charge on any atom is 0.435 e. The van der Waals surface area contributed by atoms with Crippen LogP contribution in [0.15, 0.2) is 23.1 Å². The molecule has 164 valence electrons. The zero-order valence-corrected chi connectivity index (χ0v) is 17.3. The number of rotatable bonds is 5. The summed E-state index contributed by atoms with van der Waals surface area (Å²) >= 11 is 0. The summed E-state index contributed by atoms with van der Waals surface area (Å²) in [6.07, 6.45) is -3.01. The summed E-state index contributed by atoms with van der Waals surface area (Å²) < 4.78 is 65.5. The molecule has 1 fully saturated rings. The number of nitrogens with one attached hydrogen (secondary N) is 1. The van der Waals surface area contributed by atoms with E-state index in [9.17, 15) is 26.4 Å². The number of amides is 1. The molecule has 31 heavy (non-hydrogen) atoms. The molecule has 1 amide bonds. The molecule has 0 spiro atoms. The van der Waals surface area contributed by atoms with Crippen LogP contribution < -0.4 is 5.32 Å². The first kappa shape index (κ1) is 21.2. The fourth-order valence-corrected chi connectivity index (χ4v) is 3.98. The number of hydrogen-bond acceptors (Lipinski definition) is 7. The lowest BCUT2D eigenvalue weighted by molar-refractivity contribution is -0.141. The molecule has 0 unspecified atom stereocenters. The minimum absolute atomic E-state index is 0.0116. The summed E-state index contributed by atoms with van der Waals surface area (Å²) in [7, 11) is -2.33. The number of pyridine rings is 1. The number of nitrogens with zero attached hydrogens (tertiary/aromatic N) is 5. The van der Waals surface area contributed by atoms with Gasteiger partial charge in [0.1, 0.15) is 16.9 Å². The first-order valence-corrected chi connectivity index (χ1v) is 11.0. The number of aryl methyl sites for hydroxylation is 1. The number of carbonyl (C=O) groups excluding carboxylic acids is 1. The highest BCUT2D eigenvalue weighted by atomic mass is 32.2. The molecule has 9 nitrogen and oxygen atoms in total. The van der Waals surface area contributed by atoms with E-state index in [1.54, 1.807) is 0 Å². The second-order valence-electron chi connectivity index (χ2n) is 7.13. The van der Waals surface area contributed by atoms with Crippen molar-refractivity contribution in [3.8, 4) is 11.5 Å². The lowest BCUT2D eigenvalue weighted by Gasteiger charge is -2.11. The Hall–Kier alpha value is -3.09. The molecule has 0 saturated heterocycles. The quantitative estimate of drug-likeness (QED) is 0.627. The maximum atomic E-state index is 13.0. The van der Waals surface area contributed by atoms with Gasteiger partial charge in [0.05, 0.1) is 10.6 Å². The number of imidazole rings is 1. The average molecular weight is 454 g/mol. The Morgan fingerprint density at radius 1 is 1.23 bits per heavy atom. The van der Waals surface area contributed by atoms with Gasteiger partial charge in [0.15, 0.2) is 27.0 Å². The summed E-state index contributed by atoms with van der Waals surface area (Å²) in [5, 5.41) is 9.53. The molecular formula is C18H17F3N6O3S. The Morgan fingerprint density at radius 3 is 2.55 bits per heavy atom. The van der Waals surface area contributed by atoms with E-state index in [0.717, 1.165) is 18.9 Å². The molecule has 13 heteroatoms. The highest BCUT2D eigenvalue weighted by molar-refractivity contribution is 7.91. The van der Waals surface area contributed by atoms with E-state index in [1.165, 1.54) is 30.7 Å². The van der Waals surface area contributed by atoms with Gasteiger partial charge in [-0.25, -0.2) is 18.4 Å². The van der Waals surface area contributed by atoms with Crippen molar-refractivity contribution in [2.75, 3.05) is 5.75 Å². The third kappa shape index (κ3) is 3.96. The molecule has 3 aromatic rings. The first-order valence-electron chi connectivity index (χ1n) is 9.33. The molecule has 3 heterocycles. The van der Waals surface area contributed by atoms with Crippen molar-refractivity contribution in [3.05, 3.63) is 29.6 Å². The monoisotopic (exact) mass is 454 g/mol. The fourth-order valence-electron chi connectivity index (χ4n) is 2.96. The van der Waals surface area contributed by atoms with Gasteiger partial charge in [0.25, 0.3) is 5.91 Å². The number of halogens is 3. The maximum absolute atomic E-state index is 13.0. The summed E-state index contributed by atoms with van der Waals surface area (Å²) in [5.74, 6) is -0.754. The van der Waals surface area contributed by atoms with Gasteiger partial charge in [-0.05, 0) is 25.0 Å². The van der Waals surface area contributed by atoms with Crippen molar-refractivity contribution >= 4 is 26.9 Å². The summed E-state index contributed by atoms with van der Waals surface area (Å²) in [6, 6.07) is 3.34. The zero-order chi connectivity index (χ0) is 22.6. The zero-order valence-electron chi connectivity index (χ0n) is 16.4. The normalized spacial score (nSPS) is 14.7. The third-order valence-electron chi connectivity index (χ3n) is 4.84. The summed E-state index contributed by atoms with van der Waals surface area (Å²) in [4.78, 5) is 20.6. The van der Waals surface area contributed by atoms with Crippen LogP contribution in [0.25, 0.3) is 22.7 Å². The Labute approximate surface area is 174 Å². The van der Waals surface area contributed by atoms with Gasteiger partial charge in [-0.3, -0.25) is 4.79 Å². The predicted octanol–water partition coefficient (Wildman–Crippen LogP) is 2.13. The number of hydrogen-bond donors (Lipinski definition) is 1. The molecule has 4 rings (SSSR count). The summed E-state index contributed by atoms with van der Waals surface area (Å²) in [6.45, 7) is 1.45. The number of alkyl halides is 3. The molecule has 3 aromatic heterocycles. The molecule has 1 N–H and O–H groups in total. The van der Waals surface area contributed by atoms with Crippen LogP contribution in [0.1, 0.15) is 35.9 Å². The number of carbonyl (C=O) groups is 1. The van der Waals surface area contributed by atoms with Crippen molar-refractivity contribution in [1.29, 1.82) is 0 Å². The van der Waals surface area contributed by atoms with Gasteiger partial charge in [-0.2, -0.15) is 13.2 Å². The first-order chi connectivity index (χ1) is 14.5. The third-order valence-corrected chi connectivity index (χ3v) is 6.60. The van der Waals surface area contributed by atoms with Crippen molar-refractivity contribution in [1.82, 2.24) is 30.0 Å². The molecule has 1 saturated carbocycles.